The van der Waals surface area contributed by atoms with Crippen molar-refractivity contribution in [2.75, 3.05) is 11.9 Å². The molecule has 0 bridgehead atoms. The molecule has 1 saturated carbocycles. The molecule has 1 aliphatic rings. The fourth-order valence-electron chi connectivity index (χ4n) is 2.87. The highest BCUT2D eigenvalue weighted by molar-refractivity contribution is 5.93. The van der Waals surface area contributed by atoms with Crippen molar-refractivity contribution < 1.29 is 4.79 Å². The molecule has 0 aromatic heterocycles. The van der Waals surface area contributed by atoms with Crippen molar-refractivity contribution in [2.24, 2.45) is 17.6 Å². The van der Waals surface area contributed by atoms with Gasteiger partial charge < -0.3 is 11.1 Å². The number of halogens is 1. The molecule has 0 saturated heterocycles. The molecule has 2 rings (SSSR count). The zero-order chi connectivity index (χ0) is 13.8. The quantitative estimate of drug-likeness (QED) is 0.893. The molecule has 1 aliphatic carbocycles. The molecule has 0 aliphatic heterocycles. The molecule has 3 nitrogen and oxygen atoms in total. The van der Waals surface area contributed by atoms with Crippen molar-refractivity contribution in [1.29, 1.82) is 0 Å². The summed E-state index contributed by atoms with van der Waals surface area (Å²) in [5.41, 5.74) is 7.89. The van der Waals surface area contributed by atoms with E-state index in [0.717, 1.165) is 24.9 Å². The minimum Gasteiger partial charge on any atom is -0.330 e. The second-order valence-corrected chi connectivity index (χ2v) is 5.80. The smallest absolute Gasteiger partial charge is 0.227 e. The summed E-state index contributed by atoms with van der Waals surface area (Å²) in [4.78, 5) is 12.3. The van der Waals surface area contributed by atoms with E-state index in [-0.39, 0.29) is 24.2 Å². The third-order valence-electron chi connectivity index (χ3n) is 4.12. The minimum absolute atomic E-state index is 0. The molecule has 3 N–H and O–H groups in total. The number of amides is 1. The van der Waals surface area contributed by atoms with Crippen LogP contribution in [0.3, 0.4) is 0 Å². The van der Waals surface area contributed by atoms with E-state index in [2.05, 4.69) is 31.3 Å². The van der Waals surface area contributed by atoms with Crippen LogP contribution in [0.4, 0.5) is 5.69 Å². The van der Waals surface area contributed by atoms with Crippen LogP contribution in [0.15, 0.2) is 24.3 Å². The van der Waals surface area contributed by atoms with E-state index in [1.165, 1.54) is 5.56 Å². The number of nitrogens with one attached hydrogen (secondary N) is 1. The second-order valence-electron chi connectivity index (χ2n) is 5.80. The van der Waals surface area contributed by atoms with Gasteiger partial charge in [0.25, 0.3) is 0 Å². The van der Waals surface area contributed by atoms with Crippen molar-refractivity contribution in [3.8, 4) is 0 Å². The highest BCUT2D eigenvalue weighted by Crippen LogP contribution is 2.32. The number of anilines is 1. The predicted octanol–water partition coefficient (Wildman–Crippen LogP) is 3.55. The van der Waals surface area contributed by atoms with Crippen molar-refractivity contribution in [2.45, 2.75) is 39.0 Å². The zero-order valence-electron chi connectivity index (χ0n) is 12.3. The Morgan fingerprint density at radius 3 is 2.80 bits per heavy atom. The van der Waals surface area contributed by atoms with Gasteiger partial charge in [-0.1, -0.05) is 32.4 Å². The average Bonchev–Trinajstić information content (AvgIpc) is 2.87. The molecule has 1 aromatic carbocycles. The van der Waals surface area contributed by atoms with Gasteiger partial charge in [0.05, 0.1) is 0 Å². The van der Waals surface area contributed by atoms with E-state index < -0.39 is 0 Å². The highest BCUT2D eigenvalue weighted by atomic mass is 35.5. The Kier molecular flexibility index (Phi) is 6.50. The lowest BCUT2D eigenvalue weighted by Crippen LogP contribution is -2.29. The van der Waals surface area contributed by atoms with Gasteiger partial charge >= 0.3 is 0 Å². The molecule has 1 fully saturated rings. The average molecular weight is 297 g/mol. The Labute approximate surface area is 127 Å². The van der Waals surface area contributed by atoms with Crippen LogP contribution in [0, 0.1) is 11.8 Å². The van der Waals surface area contributed by atoms with Gasteiger partial charge in [0.2, 0.25) is 5.91 Å². The fourth-order valence-corrected chi connectivity index (χ4v) is 2.87. The Morgan fingerprint density at radius 2 is 2.15 bits per heavy atom. The number of nitrogens with two attached hydrogens (primary N) is 1. The molecule has 20 heavy (non-hydrogen) atoms. The van der Waals surface area contributed by atoms with Gasteiger partial charge in [-0.25, -0.2) is 0 Å². The van der Waals surface area contributed by atoms with Crippen LogP contribution in [0.5, 0.6) is 0 Å². The number of hydrogen-bond acceptors (Lipinski definition) is 2. The maximum absolute atomic E-state index is 12.3. The summed E-state index contributed by atoms with van der Waals surface area (Å²) < 4.78 is 0. The van der Waals surface area contributed by atoms with Gasteiger partial charge in [0.1, 0.15) is 0 Å². The van der Waals surface area contributed by atoms with Crippen LogP contribution in [0.25, 0.3) is 0 Å². The molecule has 0 radical (unpaired) electrons. The first-order valence-electron chi connectivity index (χ1n) is 7.22. The van der Waals surface area contributed by atoms with Crippen LogP contribution in [0.2, 0.25) is 0 Å². The maximum atomic E-state index is 12.3. The molecule has 112 valence electrons. The monoisotopic (exact) mass is 296 g/mol. The van der Waals surface area contributed by atoms with Crippen molar-refractivity contribution in [3.63, 3.8) is 0 Å². The van der Waals surface area contributed by atoms with Gasteiger partial charge in [-0.3, -0.25) is 4.79 Å². The Hall–Kier alpha value is -1.06. The second kappa shape index (κ2) is 7.65. The van der Waals surface area contributed by atoms with Crippen molar-refractivity contribution in [1.82, 2.24) is 0 Å². The van der Waals surface area contributed by atoms with E-state index in [9.17, 15) is 4.79 Å². The molecule has 1 amide bonds. The van der Waals surface area contributed by atoms with E-state index in [1.54, 1.807) is 0 Å². The first-order valence-corrected chi connectivity index (χ1v) is 7.22. The Balaban J connectivity index is 0.00000200. The molecule has 4 heteroatoms. The topological polar surface area (TPSA) is 55.1 Å². The third-order valence-corrected chi connectivity index (χ3v) is 4.12. The lowest BCUT2D eigenvalue weighted by molar-refractivity contribution is -0.120. The SMILES string of the molecule is CC(C)c1cccc(NC(=O)[C@@H]2CCC[C@@H]2CN)c1.Cl. The summed E-state index contributed by atoms with van der Waals surface area (Å²) in [6.07, 6.45) is 3.17. The first-order chi connectivity index (χ1) is 9.11. The number of carbonyl (C=O) groups excluding carboxylic acids is 1. The van der Waals surface area contributed by atoms with E-state index in [1.807, 2.05) is 12.1 Å². The number of hydrogen-bond donors (Lipinski definition) is 2. The summed E-state index contributed by atoms with van der Waals surface area (Å²) in [5, 5.41) is 3.05. The van der Waals surface area contributed by atoms with Gasteiger partial charge in [-0.2, -0.15) is 0 Å². The van der Waals surface area contributed by atoms with E-state index >= 15 is 0 Å². The number of benzene rings is 1. The zero-order valence-corrected chi connectivity index (χ0v) is 13.1. The summed E-state index contributed by atoms with van der Waals surface area (Å²) >= 11 is 0. The minimum atomic E-state index is 0. The van der Waals surface area contributed by atoms with Gasteiger partial charge in [-0.15, -0.1) is 12.4 Å². The predicted molar refractivity (Wildman–Crippen MR) is 86.3 cm³/mol. The van der Waals surface area contributed by atoms with E-state index in [4.69, 9.17) is 5.73 Å². The lowest BCUT2D eigenvalue weighted by atomic mass is 9.95. The molecular formula is C16H25ClN2O. The van der Waals surface area contributed by atoms with Gasteiger partial charge in [-0.05, 0) is 48.9 Å². The molecular weight excluding hydrogens is 272 g/mol. The fraction of sp³-hybridized carbons (Fsp3) is 0.562. The van der Waals surface area contributed by atoms with Gasteiger partial charge in [0.15, 0.2) is 0 Å². The third kappa shape index (κ3) is 3.97. The first kappa shape index (κ1) is 17.0. The summed E-state index contributed by atoms with van der Waals surface area (Å²) in [7, 11) is 0. The van der Waals surface area contributed by atoms with Crippen LogP contribution in [-0.2, 0) is 4.79 Å². The molecule has 2 atom stereocenters. The molecule has 0 heterocycles. The standard InChI is InChI=1S/C16H24N2O.ClH/c1-11(2)12-5-3-7-14(9-12)18-16(19)15-8-4-6-13(15)10-17;/h3,5,7,9,11,13,15H,4,6,8,10,17H2,1-2H3,(H,18,19);1H/t13-,15-;/m1./s1. The number of carbonyl (C=O) groups is 1. The van der Waals surface area contributed by atoms with Crippen LogP contribution in [0.1, 0.15) is 44.6 Å². The lowest BCUT2D eigenvalue weighted by Gasteiger charge is -2.18. The van der Waals surface area contributed by atoms with Gasteiger partial charge in [0, 0.05) is 11.6 Å². The largest absolute Gasteiger partial charge is 0.330 e. The molecule has 0 spiro atoms. The summed E-state index contributed by atoms with van der Waals surface area (Å²) in [5.74, 6) is 1.05. The number of rotatable bonds is 4. The summed E-state index contributed by atoms with van der Waals surface area (Å²) in [6.45, 7) is 4.93. The molecule has 1 aromatic rings. The highest BCUT2D eigenvalue weighted by Gasteiger charge is 2.31. The van der Waals surface area contributed by atoms with Crippen molar-refractivity contribution >= 4 is 24.0 Å². The van der Waals surface area contributed by atoms with Crippen LogP contribution >= 0.6 is 12.4 Å². The van der Waals surface area contributed by atoms with Crippen LogP contribution < -0.4 is 11.1 Å². The summed E-state index contributed by atoms with van der Waals surface area (Å²) in [6, 6.07) is 8.11. The van der Waals surface area contributed by atoms with Crippen molar-refractivity contribution in [3.05, 3.63) is 29.8 Å². The van der Waals surface area contributed by atoms with Crippen LogP contribution in [-0.4, -0.2) is 12.5 Å². The van der Waals surface area contributed by atoms with E-state index in [0.29, 0.717) is 18.4 Å². The maximum Gasteiger partial charge on any atom is 0.227 e. The Morgan fingerprint density at radius 1 is 1.40 bits per heavy atom. The molecule has 0 unspecified atom stereocenters. The normalized spacial score (nSPS) is 21.6. The Bertz CT molecular complexity index is 448.